The fraction of sp³-hybridized carbons (Fsp3) is 0.267. The summed E-state index contributed by atoms with van der Waals surface area (Å²) in [6.45, 7) is 5.11. The number of hydrogen-bond acceptors (Lipinski definition) is 3. The molecule has 0 N–H and O–H groups in total. The van der Waals surface area contributed by atoms with Crippen LogP contribution in [0.5, 0.6) is 0 Å². The second-order valence-electron chi connectivity index (χ2n) is 4.71. The number of benzene rings is 1. The first-order chi connectivity index (χ1) is 9.70. The van der Waals surface area contributed by atoms with Crippen LogP contribution in [0.25, 0.3) is 11.0 Å². The molecule has 0 aliphatic rings. The van der Waals surface area contributed by atoms with Crippen LogP contribution in [-0.4, -0.2) is 19.1 Å². The summed E-state index contributed by atoms with van der Waals surface area (Å²) in [6, 6.07) is 7.69. The first-order valence-electron chi connectivity index (χ1n) is 6.67. The first kappa shape index (κ1) is 12.6. The highest BCUT2D eigenvalue weighted by Crippen LogP contribution is 2.11. The predicted octanol–water partition coefficient (Wildman–Crippen LogP) is 1.97. The van der Waals surface area contributed by atoms with Crippen LogP contribution < -0.4 is 5.56 Å². The van der Waals surface area contributed by atoms with Crippen molar-refractivity contribution >= 4 is 11.0 Å². The van der Waals surface area contributed by atoms with Crippen LogP contribution >= 0.6 is 0 Å². The van der Waals surface area contributed by atoms with Gasteiger partial charge >= 0.3 is 0 Å². The van der Waals surface area contributed by atoms with Gasteiger partial charge in [0.05, 0.1) is 17.6 Å². The number of aryl methyl sites for hydroxylation is 2. The summed E-state index contributed by atoms with van der Waals surface area (Å²) in [5.41, 5.74) is 2.13. The molecule has 3 aromatic rings. The van der Waals surface area contributed by atoms with E-state index in [0.29, 0.717) is 12.2 Å². The minimum Gasteiger partial charge on any atom is -0.334 e. The van der Waals surface area contributed by atoms with Crippen LogP contribution in [0, 0.1) is 6.92 Å². The fourth-order valence-electron chi connectivity index (χ4n) is 2.40. The molecule has 2 aromatic heterocycles. The third-order valence-electron chi connectivity index (χ3n) is 3.46. The van der Waals surface area contributed by atoms with Crippen molar-refractivity contribution in [2.24, 2.45) is 0 Å². The van der Waals surface area contributed by atoms with Gasteiger partial charge < -0.3 is 4.57 Å². The van der Waals surface area contributed by atoms with E-state index in [1.165, 1.54) is 0 Å². The van der Waals surface area contributed by atoms with Gasteiger partial charge in [-0.3, -0.25) is 9.36 Å². The van der Waals surface area contributed by atoms with Crippen LogP contribution in [-0.2, 0) is 13.1 Å². The van der Waals surface area contributed by atoms with Crippen LogP contribution in [0.2, 0.25) is 0 Å². The van der Waals surface area contributed by atoms with Gasteiger partial charge in [-0.05, 0) is 26.0 Å². The highest BCUT2D eigenvalue weighted by molar-refractivity contribution is 5.74. The molecule has 0 aliphatic carbocycles. The maximum absolute atomic E-state index is 12.4. The van der Waals surface area contributed by atoms with E-state index in [4.69, 9.17) is 0 Å². The van der Waals surface area contributed by atoms with E-state index < -0.39 is 0 Å². The van der Waals surface area contributed by atoms with Crippen molar-refractivity contribution in [2.45, 2.75) is 26.9 Å². The SMILES string of the molecule is CCn1ccnc1Cn1c(=O)c(C)nc2ccccc21. The largest absolute Gasteiger partial charge is 0.334 e. The summed E-state index contributed by atoms with van der Waals surface area (Å²) in [5.74, 6) is 0.880. The normalized spacial score (nSPS) is 11.1. The molecule has 0 unspecified atom stereocenters. The average Bonchev–Trinajstić information content (AvgIpc) is 2.91. The number of rotatable bonds is 3. The van der Waals surface area contributed by atoms with Gasteiger partial charge in [-0.15, -0.1) is 0 Å². The Kier molecular flexibility index (Phi) is 3.10. The monoisotopic (exact) mass is 268 g/mol. The Morgan fingerprint density at radius 2 is 2.05 bits per heavy atom. The number of para-hydroxylation sites is 2. The van der Waals surface area contributed by atoms with Crippen molar-refractivity contribution in [3.8, 4) is 0 Å². The third kappa shape index (κ3) is 2.01. The third-order valence-corrected chi connectivity index (χ3v) is 3.46. The standard InChI is InChI=1S/C15H16N4O/c1-3-18-9-8-16-14(18)10-19-13-7-5-4-6-12(13)17-11(2)15(19)20/h4-9H,3,10H2,1-2H3. The van der Waals surface area contributed by atoms with Gasteiger partial charge in [0.25, 0.3) is 5.56 Å². The molecule has 0 saturated heterocycles. The topological polar surface area (TPSA) is 52.7 Å². The summed E-state index contributed by atoms with van der Waals surface area (Å²) >= 11 is 0. The number of nitrogens with zero attached hydrogens (tertiary/aromatic N) is 4. The van der Waals surface area contributed by atoms with Crippen LogP contribution in [0.3, 0.4) is 0 Å². The maximum Gasteiger partial charge on any atom is 0.272 e. The zero-order chi connectivity index (χ0) is 14.1. The number of hydrogen-bond donors (Lipinski definition) is 0. The van der Waals surface area contributed by atoms with Gasteiger partial charge in [0.2, 0.25) is 0 Å². The van der Waals surface area contributed by atoms with Crippen molar-refractivity contribution < 1.29 is 0 Å². The predicted molar refractivity (Wildman–Crippen MR) is 77.7 cm³/mol. The molecule has 0 radical (unpaired) electrons. The maximum atomic E-state index is 12.4. The van der Waals surface area contributed by atoms with E-state index in [2.05, 4.69) is 16.9 Å². The Bertz CT molecular complexity index is 816. The molecule has 0 bridgehead atoms. The van der Waals surface area contributed by atoms with Crippen LogP contribution in [0.4, 0.5) is 0 Å². The molecule has 0 saturated carbocycles. The molecular formula is C15H16N4O. The highest BCUT2D eigenvalue weighted by Gasteiger charge is 2.10. The minimum atomic E-state index is -0.0608. The Labute approximate surface area is 116 Å². The molecule has 0 atom stereocenters. The van der Waals surface area contributed by atoms with Crippen LogP contribution in [0.1, 0.15) is 18.4 Å². The summed E-state index contributed by atoms with van der Waals surface area (Å²) in [6.07, 6.45) is 3.69. The van der Waals surface area contributed by atoms with Crippen LogP contribution in [0.15, 0.2) is 41.5 Å². The molecule has 102 valence electrons. The van der Waals surface area contributed by atoms with Crippen molar-refractivity contribution in [1.82, 2.24) is 19.1 Å². The lowest BCUT2D eigenvalue weighted by Crippen LogP contribution is -2.25. The number of fused-ring (bicyclic) bond motifs is 1. The summed E-state index contributed by atoms with van der Waals surface area (Å²) in [5, 5.41) is 0. The van der Waals surface area contributed by atoms with Gasteiger partial charge in [-0.1, -0.05) is 12.1 Å². The Morgan fingerprint density at radius 3 is 2.85 bits per heavy atom. The lowest BCUT2D eigenvalue weighted by molar-refractivity contribution is 0.647. The van der Waals surface area contributed by atoms with Crippen molar-refractivity contribution in [2.75, 3.05) is 0 Å². The first-order valence-corrected chi connectivity index (χ1v) is 6.67. The second-order valence-corrected chi connectivity index (χ2v) is 4.71. The van der Waals surface area contributed by atoms with Gasteiger partial charge in [-0.2, -0.15) is 0 Å². The van der Waals surface area contributed by atoms with Crippen molar-refractivity contribution in [3.05, 3.63) is 58.5 Å². The lowest BCUT2D eigenvalue weighted by atomic mass is 10.2. The van der Waals surface area contributed by atoms with E-state index in [1.54, 1.807) is 17.7 Å². The molecule has 2 heterocycles. The van der Waals surface area contributed by atoms with E-state index in [1.807, 2.05) is 35.0 Å². The summed E-state index contributed by atoms with van der Waals surface area (Å²) in [4.78, 5) is 21.1. The molecule has 0 fully saturated rings. The Hall–Kier alpha value is -2.43. The van der Waals surface area contributed by atoms with Gasteiger partial charge in [0.15, 0.2) is 0 Å². The summed E-state index contributed by atoms with van der Waals surface area (Å²) in [7, 11) is 0. The van der Waals surface area contributed by atoms with Crippen molar-refractivity contribution in [3.63, 3.8) is 0 Å². The molecule has 5 nitrogen and oxygen atoms in total. The zero-order valence-corrected chi connectivity index (χ0v) is 11.6. The number of aromatic nitrogens is 4. The molecule has 5 heteroatoms. The molecule has 0 spiro atoms. The van der Waals surface area contributed by atoms with Gasteiger partial charge in [0.1, 0.15) is 11.5 Å². The lowest BCUT2D eigenvalue weighted by Gasteiger charge is -2.11. The molecule has 1 aromatic carbocycles. The molecular weight excluding hydrogens is 252 g/mol. The molecule has 0 amide bonds. The van der Waals surface area contributed by atoms with E-state index >= 15 is 0 Å². The molecule has 3 rings (SSSR count). The number of imidazole rings is 1. The fourth-order valence-corrected chi connectivity index (χ4v) is 2.40. The minimum absolute atomic E-state index is 0.0608. The quantitative estimate of drug-likeness (QED) is 0.729. The van der Waals surface area contributed by atoms with Gasteiger partial charge in [0, 0.05) is 18.9 Å². The molecule has 0 aliphatic heterocycles. The average molecular weight is 268 g/mol. The molecule has 20 heavy (non-hydrogen) atoms. The van der Waals surface area contributed by atoms with Gasteiger partial charge in [-0.25, -0.2) is 9.97 Å². The van der Waals surface area contributed by atoms with E-state index in [0.717, 1.165) is 23.4 Å². The highest BCUT2D eigenvalue weighted by atomic mass is 16.1. The zero-order valence-electron chi connectivity index (χ0n) is 11.6. The smallest absolute Gasteiger partial charge is 0.272 e. The second kappa shape index (κ2) is 4.92. The van der Waals surface area contributed by atoms with E-state index in [-0.39, 0.29) is 5.56 Å². The van der Waals surface area contributed by atoms with Crippen molar-refractivity contribution in [1.29, 1.82) is 0 Å². The Balaban J connectivity index is 2.20. The Morgan fingerprint density at radius 1 is 1.25 bits per heavy atom. The van der Waals surface area contributed by atoms with E-state index in [9.17, 15) is 4.79 Å². The summed E-state index contributed by atoms with van der Waals surface area (Å²) < 4.78 is 3.78.